The Morgan fingerprint density at radius 1 is 1.24 bits per heavy atom. The summed E-state index contributed by atoms with van der Waals surface area (Å²) in [4.78, 5) is 23.5. The number of benzene rings is 2. The SMILES string of the molecule is Cc1cc(F)cc(NC(=O)c2ccc3c(c2)CC(=O)N3)c1. The number of anilines is 2. The zero-order valence-corrected chi connectivity index (χ0v) is 11.4. The Kier molecular flexibility index (Phi) is 3.17. The maximum atomic E-state index is 13.3. The Bertz CT molecular complexity index is 736. The Labute approximate surface area is 121 Å². The largest absolute Gasteiger partial charge is 0.326 e. The number of fused-ring (bicyclic) bond motifs is 1. The van der Waals surface area contributed by atoms with Crippen molar-refractivity contribution in [1.29, 1.82) is 0 Å². The summed E-state index contributed by atoms with van der Waals surface area (Å²) in [5, 5.41) is 5.37. The average Bonchev–Trinajstić information content (AvgIpc) is 2.76. The third-order valence-corrected chi connectivity index (χ3v) is 3.29. The highest BCUT2D eigenvalue weighted by Crippen LogP contribution is 2.24. The lowest BCUT2D eigenvalue weighted by Crippen LogP contribution is -2.12. The van der Waals surface area contributed by atoms with Gasteiger partial charge in [-0.05, 0) is 54.4 Å². The number of halogens is 1. The molecule has 2 aromatic carbocycles. The summed E-state index contributed by atoms with van der Waals surface area (Å²) in [5.41, 5.74) is 3.11. The van der Waals surface area contributed by atoms with Crippen LogP contribution in [0.2, 0.25) is 0 Å². The molecule has 2 N–H and O–H groups in total. The zero-order valence-electron chi connectivity index (χ0n) is 11.4. The van der Waals surface area contributed by atoms with Gasteiger partial charge in [0.25, 0.3) is 5.91 Å². The summed E-state index contributed by atoms with van der Waals surface area (Å²) >= 11 is 0. The van der Waals surface area contributed by atoms with Crippen molar-refractivity contribution >= 4 is 23.2 Å². The molecule has 2 aromatic rings. The lowest BCUT2D eigenvalue weighted by Gasteiger charge is -2.08. The molecule has 0 atom stereocenters. The highest BCUT2D eigenvalue weighted by Gasteiger charge is 2.19. The van der Waals surface area contributed by atoms with Gasteiger partial charge in [-0.25, -0.2) is 4.39 Å². The molecule has 0 aromatic heterocycles. The number of nitrogens with one attached hydrogen (secondary N) is 2. The number of carbonyl (C=O) groups excluding carboxylic acids is 2. The van der Waals surface area contributed by atoms with E-state index >= 15 is 0 Å². The lowest BCUT2D eigenvalue weighted by atomic mass is 10.1. The smallest absolute Gasteiger partial charge is 0.255 e. The summed E-state index contributed by atoms with van der Waals surface area (Å²) in [7, 11) is 0. The molecule has 1 aliphatic rings. The molecule has 2 amide bonds. The Morgan fingerprint density at radius 2 is 2.05 bits per heavy atom. The van der Waals surface area contributed by atoms with Crippen molar-refractivity contribution in [2.45, 2.75) is 13.3 Å². The van der Waals surface area contributed by atoms with E-state index < -0.39 is 5.82 Å². The Morgan fingerprint density at radius 3 is 2.81 bits per heavy atom. The standard InChI is InChI=1S/C16H13FN2O2/c1-9-4-12(17)8-13(5-9)18-16(21)10-2-3-14-11(6-10)7-15(20)19-14/h2-6,8H,7H2,1H3,(H,18,21)(H,19,20). The summed E-state index contributed by atoms with van der Waals surface area (Å²) in [6.07, 6.45) is 0.273. The molecule has 0 bridgehead atoms. The highest BCUT2D eigenvalue weighted by atomic mass is 19.1. The fourth-order valence-corrected chi connectivity index (χ4v) is 2.38. The van der Waals surface area contributed by atoms with E-state index in [0.29, 0.717) is 11.3 Å². The molecule has 0 radical (unpaired) electrons. The lowest BCUT2D eigenvalue weighted by molar-refractivity contribution is -0.115. The molecular weight excluding hydrogens is 271 g/mol. The first-order valence-electron chi connectivity index (χ1n) is 6.52. The molecule has 0 spiro atoms. The van der Waals surface area contributed by atoms with Crippen LogP contribution in [0.3, 0.4) is 0 Å². The van der Waals surface area contributed by atoms with Crippen molar-refractivity contribution < 1.29 is 14.0 Å². The topological polar surface area (TPSA) is 58.2 Å². The monoisotopic (exact) mass is 284 g/mol. The van der Waals surface area contributed by atoms with Crippen LogP contribution in [0.15, 0.2) is 36.4 Å². The van der Waals surface area contributed by atoms with Crippen molar-refractivity contribution in [3.05, 3.63) is 58.9 Å². The van der Waals surface area contributed by atoms with Crippen molar-refractivity contribution in [2.24, 2.45) is 0 Å². The summed E-state index contributed by atoms with van der Waals surface area (Å²) < 4.78 is 13.3. The quantitative estimate of drug-likeness (QED) is 0.891. The molecule has 0 saturated carbocycles. The van der Waals surface area contributed by atoms with Gasteiger partial charge >= 0.3 is 0 Å². The minimum absolute atomic E-state index is 0.0803. The van der Waals surface area contributed by atoms with E-state index in [1.54, 1.807) is 31.2 Å². The second-order valence-electron chi connectivity index (χ2n) is 5.07. The van der Waals surface area contributed by atoms with Gasteiger partial charge in [0.15, 0.2) is 0 Å². The number of aryl methyl sites for hydroxylation is 1. The third kappa shape index (κ3) is 2.76. The fourth-order valence-electron chi connectivity index (χ4n) is 2.38. The Balaban J connectivity index is 1.83. The van der Waals surface area contributed by atoms with Gasteiger partial charge in [0.2, 0.25) is 5.91 Å². The molecule has 1 heterocycles. The van der Waals surface area contributed by atoms with Crippen LogP contribution in [0.1, 0.15) is 21.5 Å². The molecule has 0 aliphatic carbocycles. The summed E-state index contributed by atoms with van der Waals surface area (Å²) in [6.45, 7) is 1.76. The molecule has 0 unspecified atom stereocenters. The third-order valence-electron chi connectivity index (χ3n) is 3.29. The molecule has 3 rings (SSSR count). The van der Waals surface area contributed by atoms with Crippen LogP contribution in [0, 0.1) is 12.7 Å². The van der Waals surface area contributed by atoms with Gasteiger partial charge in [-0.3, -0.25) is 9.59 Å². The van der Waals surface area contributed by atoms with Crippen LogP contribution in [-0.4, -0.2) is 11.8 Å². The van der Waals surface area contributed by atoms with Gasteiger partial charge in [-0.15, -0.1) is 0 Å². The van der Waals surface area contributed by atoms with Gasteiger partial charge in [-0.2, -0.15) is 0 Å². The number of carbonyl (C=O) groups is 2. The molecule has 0 fully saturated rings. The van der Waals surface area contributed by atoms with E-state index in [4.69, 9.17) is 0 Å². The molecule has 21 heavy (non-hydrogen) atoms. The number of hydrogen-bond donors (Lipinski definition) is 2. The van der Waals surface area contributed by atoms with Gasteiger partial charge in [0, 0.05) is 16.9 Å². The van der Waals surface area contributed by atoms with E-state index in [2.05, 4.69) is 10.6 Å². The van der Waals surface area contributed by atoms with Crippen LogP contribution in [0.5, 0.6) is 0 Å². The van der Waals surface area contributed by atoms with E-state index in [-0.39, 0.29) is 18.2 Å². The molecule has 4 nitrogen and oxygen atoms in total. The zero-order chi connectivity index (χ0) is 15.0. The first-order chi connectivity index (χ1) is 10.0. The van der Waals surface area contributed by atoms with Crippen LogP contribution >= 0.6 is 0 Å². The maximum Gasteiger partial charge on any atom is 0.255 e. The van der Waals surface area contributed by atoms with Crippen molar-refractivity contribution in [1.82, 2.24) is 0 Å². The van der Waals surface area contributed by atoms with Gasteiger partial charge in [0.1, 0.15) is 5.82 Å². The maximum absolute atomic E-state index is 13.3. The second kappa shape index (κ2) is 5.01. The van der Waals surface area contributed by atoms with Gasteiger partial charge in [0.05, 0.1) is 6.42 Å². The normalized spacial score (nSPS) is 12.8. The highest BCUT2D eigenvalue weighted by molar-refractivity contribution is 6.06. The van der Waals surface area contributed by atoms with Crippen molar-refractivity contribution in [3.63, 3.8) is 0 Å². The molecule has 0 saturated heterocycles. The van der Waals surface area contributed by atoms with Gasteiger partial charge < -0.3 is 10.6 Å². The van der Waals surface area contributed by atoms with Crippen LogP contribution in [0.25, 0.3) is 0 Å². The van der Waals surface area contributed by atoms with E-state index in [1.165, 1.54) is 12.1 Å². The van der Waals surface area contributed by atoms with Crippen molar-refractivity contribution in [3.8, 4) is 0 Å². The summed E-state index contributed by atoms with van der Waals surface area (Å²) in [6, 6.07) is 9.36. The predicted molar refractivity (Wildman–Crippen MR) is 77.9 cm³/mol. The first kappa shape index (κ1) is 13.3. The second-order valence-corrected chi connectivity index (χ2v) is 5.07. The Hall–Kier alpha value is -2.69. The number of hydrogen-bond acceptors (Lipinski definition) is 2. The number of rotatable bonds is 2. The first-order valence-corrected chi connectivity index (χ1v) is 6.52. The minimum Gasteiger partial charge on any atom is -0.326 e. The van der Waals surface area contributed by atoms with Crippen molar-refractivity contribution in [2.75, 3.05) is 10.6 Å². The molecule has 106 valence electrons. The van der Waals surface area contributed by atoms with Gasteiger partial charge in [-0.1, -0.05) is 0 Å². The van der Waals surface area contributed by atoms with E-state index in [1.807, 2.05) is 0 Å². The minimum atomic E-state index is -0.394. The molecule has 5 heteroatoms. The summed E-state index contributed by atoms with van der Waals surface area (Å²) in [5.74, 6) is -0.806. The van der Waals surface area contributed by atoms with Crippen LogP contribution < -0.4 is 10.6 Å². The van der Waals surface area contributed by atoms with E-state index in [9.17, 15) is 14.0 Å². The average molecular weight is 284 g/mol. The predicted octanol–water partition coefficient (Wildman–Crippen LogP) is 2.88. The molecular formula is C16H13FN2O2. The molecule has 1 aliphatic heterocycles. The van der Waals surface area contributed by atoms with E-state index in [0.717, 1.165) is 16.8 Å². The van der Waals surface area contributed by atoms with Crippen LogP contribution in [0.4, 0.5) is 15.8 Å². The van der Waals surface area contributed by atoms with Crippen LogP contribution in [-0.2, 0) is 11.2 Å². The number of amides is 2. The fraction of sp³-hybridized carbons (Fsp3) is 0.125.